The highest BCUT2D eigenvalue weighted by molar-refractivity contribution is 7.98. The maximum Gasteiger partial charge on any atom is 0.0726 e. The van der Waals surface area contributed by atoms with Gasteiger partial charge < -0.3 is 16.1 Å². The van der Waals surface area contributed by atoms with Crippen LogP contribution in [0.5, 0.6) is 0 Å². The summed E-state index contributed by atoms with van der Waals surface area (Å²) in [5.41, 5.74) is 4.55. The average Bonchev–Trinajstić information content (AvgIpc) is 2.85. The second-order valence-corrected chi connectivity index (χ2v) is 11.2. The predicted molar refractivity (Wildman–Crippen MR) is 160 cm³/mol. The van der Waals surface area contributed by atoms with Crippen LogP contribution in [0.15, 0.2) is 11.0 Å². The number of thioether (sulfide) groups is 1. The van der Waals surface area contributed by atoms with E-state index >= 15 is 0 Å². The van der Waals surface area contributed by atoms with Gasteiger partial charge in [-0.2, -0.15) is 0 Å². The number of hydrogen-bond acceptors (Lipinski definition) is 3. The lowest BCUT2D eigenvalue weighted by Crippen LogP contribution is -2.24. The molecule has 0 radical (unpaired) electrons. The average molecular weight is 522 g/mol. The summed E-state index contributed by atoms with van der Waals surface area (Å²) in [5, 5.41) is 12.1. The van der Waals surface area contributed by atoms with Crippen LogP contribution in [0.25, 0.3) is 0 Å². The Morgan fingerprint density at radius 3 is 1.44 bits per heavy atom. The zero-order chi connectivity index (χ0) is 25.7. The van der Waals surface area contributed by atoms with E-state index < -0.39 is 5.97 Å². The van der Waals surface area contributed by atoms with Gasteiger partial charge in [0.1, 0.15) is 0 Å². The molecule has 4 heteroatoms. The smallest absolute Gasteiger partial charge is 0.0726 e. The number of carboxylic acids is 1. The van der Waals surface area contributed by atoms with Crippen molar-refractivity contribution in [2.45, 2.75) is 161 Å². The van der Waals surface area contributed by atoms with Crippen LogP contribution in [0.2, 0.25) is 0 Å². The molecular weight excluding hydrogens is 462 g/mol. The van der Waals surface area contributed by atoms with E-state index in [9.17, 15) is 9.90 Å². The van der Waals surface area contributed by atoms with Crippen LogP contribution in [0.1, 0.15) is 163 Å². The highest BCUT2D eigenvalue weighted by Gasteiger charge is 2.18. The van der Waals surface area contributed by atoms with Gasteiger partial charge in [0.25, 0.3) is 0 Å². The molecule has 0 unspecified atom stereocenters. The Bertz CT molecular complexity index is 689. The zero-order valence-corrected chi connectivity index (χ0v) is 25.5. The van der Waals surface area contributed by atoms with E-state index in [0.29, 0.717) is 5.56 Å². The fourth-order valence-electron chi connectivity index (χ4n) is 5.26. The van der Waals surface area contributed by atoms with Crippen LogP contribution in [-0.2, 0) is 19.3 Å². The van der Waals surface area contributed by atoms with Gasteiger partial charge in [0.2, 0.25) is 0 Å². The molecule has 210 valence electrons. The Kier molecular flexibility index (Phi) is 22.5. The minimum Gasteiger partial charge on any atom is -0.545 e. The molecule has 1 aromatic rings. The van der Waals surface area contributed by atoms with Crippen LogP contribution in [0.3, 0.4) is 0 Å². The minimum absolute atomic E-state index is 0. The van der Waals surface area contributed by atoms with Crippen LogP contribution in [-0.4, -0.2) is 12.2 Å². The standard InChI is InChI=1S/C32H56O2S.H3N/c1-5-8-11-14-17-20-23-27-26-30(32(33)34)31(35-4)29(25-22-19-16-13-10-7-3)28(27)24-21-18-15-12-9-6-2;/h26H,5-25H2,1-4H3,(H,33,34);1H3. The number of hydrogen-bond donors (Lipinski definition) is 1. The van der Waals surface area contributed by atoms with Crippen molar-refractivity contribution in [3.63, 3.8) is 0 Å². The summed E-state index contributed by atoms with van der Waals surface area (Å²) in [7, 11) is 0. The van der Waals surface area contributed by atoms with Gasteiger partial charge >= 0.3 is 0 Å². The quantitative estimate of drug-likeness (QED) is 0.115. The van der Waals surface area contributed by atoms with Crippen molar-refractivity contribution in [3.8, 4) is 0 Å². The number of quaternary nitrogens is 1. The van der Waals surface area contributed by atoms with Gasteiger partial charge in [-0.3, -0.25) is 0 Å². The number of aromatic carboxylic acids is 1. The van der Waals surface area contributed by atoms with Crippen molar-refractivity contribution in [1.29, 1.82) is 0 Å². The molecule has 0 aromatic heterocycles. The summed E-state index contributed by atoms with van der Waals surface area (Å²) >= 11 is 1.61. The lowest BCUT2D eigenvalue weighted by molar-refractivity contribution is -0.255. The Labute approximate surface area is 228 Å². The molecule has 0 saturated heterocycles. The zero-order valence-electron chi connectivity index (χ0n) is 24.7. The Morgan fingerprint density at radius 2 is 1.03 bits per heavy atom. The summed E-state index contributed by atoms with van der Waals surface area (Å²) < 4.78 is 0. The van der Waals surface area contributed by atoms with Crippen molar-refractivity contribution >= 4 is 17.7 Å². The number of rotatable bonds is 23. The maximum absolute atomic E-state index is 12.1. The van der Waals surface area contributed by atoms with E-state index in [1.807, 2.05) is 12.3 Å². The number of unbranched alkanes of at least 4 members (excludes halogenated alkanes) is 15. The number of aryl methyl sites for hydroxylation is 1. The van der Waals surface area contributed by atoms with Crippen molar-refractivity contribution in [3.05, 3.63) is 28.3 Å². The molecule has 1 rings (SSSR count). The number of carboxylic acid groups (broad SMARTS) is 1. The molecule has 4 N–H and O–H groups in total. The van der Waals surface area contributed by atoms with Gasteiger partial charge in [-0.15, -0.1) is 11.8 Å². The van der Waals surface area contributed by atoms with Crippen LogP contribution in [0.4, 0.5) is 0 Å². The summed E-state index contributed by atoms with van der Waals surface area (Å²) in [5.74, 6) is -1.01. The van der Waals surface area contributed by atoms with Gasteiger partial charge in [-0.25, -0.2) is 0 Å². The summed E-state index contributed by atoms with van der Waals surface area (Å²) in [6, 6.07) is 1.99. The van der Waals surface area contributed by atoms with Crippen LogP contribution in [0, 0.1) is 0 Å². The SMILES string of the molecule is CCCCCCCCc1cc(C(=O)[O-])c(SC)c(CCCCCCCC)c1CCCCCCCC.[NH4+]. The van der Waals surface area contributed by atoms with Gasteiger partial charge in [-0.1, -0.05) is 117 Å². The molecular formula is C32H59NO2S. The monoisotopic (exact) mass is 521 g/mol. The Hall–Kier alpha value is -1.000. The molecule has 0 aliphatic rings. The molecule has 0 fully saturated rings. The van der Waals surface area contributed by atoms with E-state index in [2.05, 4.69) is 20.8 Å². The second kappa shape index (κ2) is 23.1. The molecule has 0 atom stereocenters. The first-order valence-corrected chi connectivity index (χ1v) is 16.3. The van der Waals surface area contributed by atoms with Gasteiger partial charge in [0.15, 0.2) is 0 Å². The van der Waals surface area contributed by atoms with Crippen molar-refractivity contribution in [2.24, 2.45) is 0 Å². The first-order valence-electron chi connectivity index (χ1n) is 15.0. The lowest BCUT2D eigenvalue weighted by Gasteiger charge is -2.23. The van der Waals surface area contributed by atoms with E-state index in [1.165, 1.54) is 119 Å². The molecule has 0 bridgehead atoms. The van der Waals surface area contributed by atoms with E-state index in [-0.39, 0.29) is 6.15 Å². The maximum atomic E-state index is 12.1. The van der Waals surface area contributed by atoms with E-state index in [4.69, 9.17) is 0 Å². The summed E-state index contributed by atoms with van der Waals surface area (Å²) in [4.78, 5) is 13.1. The third-order valence-electron chi connectivity index (χ3n) is 7.37. The summed E-state index contributed by atoms with van der Waals surface area (Å²) in [6.45, 7) is 6.79. The van der Waals surface area contributed by atoms with E-state index in [1.54, 1.807) is 11.8 Å². The molecule has 3 nitrogen and oxygen atoms in total. The fourth-order valence-corrected chi connectivity index (χ4v) is 6.10. The number of carbonyl (C=O) groups excluding carboxylic acids is 1. The minimum atomic E-state index is -1.01. The summed E-state index contributed by atoms with van der Waals surface area (Å²) in [6.07, 6.45) is 28.2. The Morgan fingerprint density at radius 1 is 0.639 bits per heavy atom. The first kappa shape index (κ1) is 35.0. The number of benzene rings is 1. The van der Waals surface area contributed by atoms with Gasteiger partial charge in [0.05, 0.1) is 5.97 Å². The van der Waals surface area contributed by atoms with Crippen molar-refractivity contribution in [2.75, 3.05) is 6.26 Å². The predicted octanol–water partition coefficient (Wildman–Crippen LogP) is 9.86. The molecule has 0 aliphatic heterocycles. The highest BCUT2D eigenvalue weighted by Crippen LogP contribution is 2.34. The molecule has 0 spiro atoms. The van der Waals surface area contributed by atoms with Gasteiger partial charge in [0, 0.05) is 10.5 Å². The first-order chi connectivity index (χ1) is 17.1. The third-order valence-corrected chi connectivity index (χ3v) is 8.25. The second-order valence-electron chi connectivity index (χ2n) is 10.4. The Balaban J connectivity index is 0.0000122. The van der Waals surface area contributed by atoms with E-state index in [0.717, 1.165) is 37.0 Å². The molecule has 1 aromatic carbocycles. The van der Waals surface area contributed by atoms with Crippen LogP contribution >= 0.6 is 11.8 Å². The molecule has 0 aliphatic carbocycles. The molecule has 36 heavy (non-hydrogen) atoms. The lowest BCUT2D eigenvalue weighted by atomic mass is 9.88. The highest BCUT2D eigenvalue weighted by atomic mass is 32.2. The largest absolute Gasteiger partial charge is 0.545 e. The third kappa shape index (κ3) is 14.1. The number of carbonyl (C=O) groups is 1. The molecule has 0 saturated carbocycles. The topological polar surface area (TPSA) is 76.6 Å². The van der Waals surface area contributed by atoms with Gasteiger partial charge in [-0.05, 0) is 67.5 Å². The molecule has 0 amide bonds. The van der Waals surface area contributed by atoms with Crippen molar-refractivity contribution < 1.29 is 9.90 Å². The van der Waals surface area contributed by atoms with Crippen molar-refractivity contribution in [1.82, 2.24) is 6.15 Å². The fraction of sp³-hybridized carbons (Fsp3) is 0.781. The normalized spacial score (nSPS) is 11.0. The molecule has 0 heterocycles. The van der Waals surface area contributed by atoms with Crippen LogP contribution < -0.4 is 11.3 Å².